The van der Waals surface area contributed by atoms with Gasteiger partial charge in [0.05, 0.1) is 13.2 Å². The summed E-state index contributed by atoms with van der Waals surface area (Å²) in [5.41, 5.74) is 0.735. The van der Waals surface area contributed by atoms with Gasteiger partial charge in [-0.3, -0.25) is 14.5 Å². The van der Waals surface area contributed by atoms with E-state index in [1.807, 2.05) is 6.07 Å². The van der Waals surface area contributed by atoms with Crippen molar-refractivity contribution >= 4 is 31.5 Å². The van der Waals surface area contributed by atoms with Crippen LogP contribution in [0.2, 0.25) is 0 Å². The second kappa shape index (κ2) is 7.68. The zero-order chi connectivity index (χ0) is 17.7. The maximum atomic E-state index is 12.2. The molecule has 8 nitrogen and oxygen atoms in total. The number of rotatable bonds is 8. The Morgan fingerprint density at radius 1 is 1.17 bits per heavy atom. The van der Waals surface area contributed by atoms with Gasteiger partial charge in [-0.25, -0.2) is 0 Å². The first kappa shape index (κ1) is 18.3. The zero-order valence-corrected chi connectivity index (χ0v) is 14.7. The number of anilines is 1. The lowest BCUT2D eigenvalue weighted by Crippen LogP contribution is -2.54. The van der Waals surface area contributed by atoms with Gasteiger partial charge < -0.3 is 23.7 Å². The molecule has 0 saturated heterocycles. The molecule has 24 heavy (non-hydrogen) atoms. The minimum absolute atomic E-state index is 0.0353. The Hall–Kier alpha value is -2.04. The highest BCUT2D eigenvalue weighted by atomic mass is 28.4. The van der Waals surface area contributed by atoms with Crippen LogP contribution in [0, 0.1) is 0 Å². The van der Waals surface area contributed by atoms with Crippen molar-refractivity contribution in [3.8, 4) is 0 Å². The summed E-state index contributed by atoms with van der Waals surface area (Å²) in [7, 11) is 1.53. The SMILES string of the molecule is CO[Si](OC)(OC)c1cccc(NC2=CC(=O)N(CCO)C2=O)c1. The molecule has 0 saturated carbocycles. The summed E-state index contributed by atoms with van der Waals surface area (Å²) in [4.78, 5) is 24.9. The van der Waals surface area contributed by atoms with Crippen LogP contribution in [0.25, 0.3) is 0 Å². The number of β-amino-alcohol motifs (C(OH)–C–C–N with tert-alkyl or cyclic N) is 1. The van der Waals surface area contributed by atoms with Gasteiger partial charge in [-0.1, -0.05) is 12.1 Å². The molecule has 2 rings (SSSR count). The Morgan fingerprint density at radius 3 is 2.42 bits per heavy atom. The van der Waals surface area contributed by atoms with Gasteiger partial charge in [0, 0.05) is 38.3 Å². The van der Waals surface area contributed by atoms with E-state index in [2.05, 4.69) is 5.32 Å². The van der Waals surface area contributed by atoms with Crippen molar-refractivity contribution in [1.29, 1.82) is 0 Å². The van der Waals surface area contributed by atoms with E-state index in [-0.39, 0.29) is 18.8 Å². The molecule has 0 aromatic heterocycles. The van der Waals surface area contributed by atoms with Crippen LogP contribution in [0.3, 0.4) is 0 Å². The fourth-order valence-corrected chi connectivity index (χ4v) is 4.30. The summed E-state index contributed by atoms with van der Waals surface area (Å²) in [6, 6.07) is 7.07. The zero-order valence-electron chi connectivity index (χ0n) is 13.7. The predicted molar refractivity (Wildman–Crippen MR) is 88.4 cm³/mol. The van der Waals surface area contributed by atoms with Crippen LogP contribution in [0.5, 0.6) is 0 Å². The second-order valence-electron chi connectivity index (χ2n) is 4.95. The average Bonchev–Trinajstić information content (AvgIpc) is 2.85. The first-order valence-corrected chi connectivity index (χ1v) is 8.95. The van der Waals surface area contributed by atoms with Crippen LogP contribution in [0.1, 0.15) is 0 Å². The quantitative estimate of drug-likeness (QED) is 0.478. The molecule has 0 unspecified atom stereocenters. The monoisotopic (exact) mass is 352 g/mol. The van der Waals surface area contributed by atoms with E-state index in [1.54, 1.807) is 18.2 Å². The number of aliphatic hydroxyl groups excluding tert-OH is 1. The highest BCUT2D eigenvalue weighted by Gasteiger charge is 2.41. The smallest absolute Gasteiger partial charge is 0.395 e. The van der Waals surface area contributed by atoms with Crippen molar-refractivity contribution in [2.24, 2.45) is 0 Å². The molecule has 2 N–H and O–H groups in total. The second-order valence-corrected chi connectivity index (χ2v) is 7.87. The Morgan fingerprint density at radius 2 is 1.83 bits per heavy atom. The van der Waals surface area contributed by atoms with Gasteiger partial charge in [0.25, 0.3) is 11.8 Å². The van der Waals surface area contributed by atoms with Crippen molar-refractivity contribution in [3.63, 3.8) is 0 Å². The molecule has 0 aliphatic carbocycles. The number of benzene rings is 1. The Balaban J connectivity index is 2.23. The molecule has 2 amide bonds. The van der Waals surface area contributed by atoms with Crippen LogP contribution in [0.4, 0.5) is 5.69 Å². The molecule has 1 aromatic rings. The van der Waals surface area contributed by atoms with E-state index >= 15 is 0 Å². The van der Waals surface area contributed by atoms with E-state index in [1.165, 1.54) is 27.4 Å². The summed E-state index contributed by atoms with van der Waals surface area (Å²) in [6.45, 7) is -0.315. The lowest BCUT2D eigenvalue weighted by molar-refractivity contribution is -0.137. The molecule has 1 aromatic carbocycles. The first-order chi connectivity index (χ1) is 11.5. The molecule has 1 aliphatic heterocycles. The molecule has 0 atom stereocenters. The maximum absolute atomic E-state index is 12.2. The van der Waals surface area contributed by atoms with Gasteiger partial charge in [-0.2, -0.15) is 0 Å². The lowest BCUT2D eigenvalue weighted by atomic mass is 10.3. The Bertz CT molecular complexity index is 651. The van der Waals surface area contributed by atoms with E-state index in [4.69, 9.17) is 18.4 Å². The number of hydrogen-bond donors (Lipinski definition) is 2. The highest BCUT2D eigenvalue weighted by Crippen LogP contribution is 2.17. The summed E-state index contributed by atoms with van der Waals surface area (Å²) in [5, 5.41) is 12.5. The number of carbonyl (C=O) groups is 2. The van der Waals surface area contributed by atoms with Gasteiger partial charge in [-0.15, -0.1) is 0 Å². The van der Waals surface area contributed by atoms with Gasteiger partial charge in [0.15, 0.2) is 0 Å². The molecule has 9 heteroatoms. The first-order valence-electron chi connectivity index (χ1n) is 7.22. The Kier molecular flexibility index (Phi) is 5.86. The molecule has 0 spiro atoms. The van der Waals surface area contributed by atoms with Crippen molar-refractivity contribution in [2.75, 3.05) is 39.8 Å². The number of imide groups is 1. The fraction of sp³-hybridized carbons (Fsp3) is 0.333. The van der Waals surface area contributed by atoms with E-state index in [0.717, 1.165) is 4.90 Å². The van der Waals surface area contributed by atoms with E-state index in [0.29, 0.717) is 10.9 Å². The molecular weight excluding hydrogens is 332 g/mol. The number of nitrogens with zero attached hydrogens (tertiary/aromatic N) is 1. The van der Waals surface area contributed by atoms with Crippen LogP contribution in [-0.4, -0.2) is 65.1 Å². The summed E-state index contributed by atoms with van der Waals surface area (Å²) in [5.74, 6) is -0.935. The lowest BCUT2D eigenvalue weighted by Gasteiger charge is -2.25. The molecular formula is C15H20N2O6Si. The number of nitrogens with one attached hydrogen (secondary N) is 1. The highest BCUT2D eigenvalue weighted by molar-refractivity contribution is 6.75. The van der Waals surface area contributed by atoms with Gasteiger partial charge >= 0.3 is 8.80 Å². The van der Waals surface area contributed by atoms with Crippen LogP contribution in [0.15, 0.2) is 36.0 Å². The average molecular weight is 352 g/mol. The molecule has 130 valence electrons. The number of hydrogen-bond acceptors (Lipinski definition) is 7. The van der Waals surface area contributed by atoms with Crippen molar-refractivity contribution in [1.82, 2.24) is 4.90 Å². The van der Waals surface area contributed by atoms with Crippen molar-refractivity contribution in [2.45, 2.75) is 0 Å². The molecule has 0 bridgehead atoms. The topological polar surface area (TPSA) is 97.3 Å². The maximum Gasteiger partial charge on any atom is 0.536 e. The standard InChI is InChI=1S/C15H20N2O6Si/c1-21-24(22-2,23-3)12-6-4-5-11(9-12)16-13-10-14(19)17(7-8-18)15(13)20/h4-6,9-10,16,18H,7-8H2,1-3H3. The van der Waals surface area contributed by atoms with Crippen molar-refractivity contribution in [3.05, 3.63) is 36.0 Å². The predicted octanol–water partition coefficient (Wildman–Crippen LogP) is -0.571. The van der Waals surface area contributed by atoms with Gasteiger partial charge in [-0.05, 0) is 12.1 Å². The molecule has 1 heterocycles. The van der Waals surface area contributed by atoms with Crippen LogP contribution in [-0.2, 0) is 22.9 Å². The summed E-state index contributed by atoms with van der Waals surface area (Å²) in [6.07, 6.45) is 1.21. The largest absolute Gasteiger partial charge is 0.536 e. The normalized spacial score (nSPS) is 15.0. The third kappa shape index (κ3) is 3.40. The van der Waals surface area contributed by atoms with Crippen LogP contribution >= 0.6 is 0 Å². The summed E-state index contributed by atoms with van der Waals surface area (Å²) >= 11 is 0. The minimum Gasteiger partial charge on any atom is -0.395 e. The molecule has 0 radical (unpaired) electrons. The number of amides is 2. The third-order valence-corrected chi connectivity index (χ3v) is 6.26. The minimum atomic E-state index is -2.99. The molecule has 1 aliphatic rings. The van der Waals surface area contributed by atoms with Crippen molar-refractivity contribution < 1.29 is 28.0 Å². The molecule has 0 fully saturated rings. The summed E-state index contributed by atoms with van der Waals surface area (Å²) < 4.78 is 16.3. The van der Waals surface area contributed by atoms with E-state index < -0.39 is 20.6 Å². The fourth-order valence-electron chi connectivity index (χ4n) is 2.46. The number of carbonyl (C=O) groups excluding carboxylic acids is 2. The number of aliphatic hydroxyl groups is 1. The Labute approximate surface area is 141 Å². The van der Waals surface area contributed by atoms with Crippen LogP contribution < -0.4 is 10.5 Å². The van der Waals surface area contributed by atoms with Gasteiger partial charge in [0.1, 0.15) is 5.70 Å². The van der Waals surface area contributed by atoms with E-state index in [9.17, 15) is 9.59 Å². The van der Waals surface area contributed by atoms with Gasteiger partial charge in [0.2, 0.25) is 0 Å². The third-order valence-electron chi connectivity index (χ3n) is 3.63.